The largest absolute Gasteiger partial charge is 0.441 e. The fraction of sp³-hybridized carbons (Fsp3) is 0.531. The van der Waals surface area contributed by atoms with E-state index in [0.29, 0.717) is 18.0 Å². The second kappa shape index (κ2) is 11.0. The van der Waals surface area contributed by atoms with E-state index < -0.39 is 0 Å². The van der Waals surface area contributed by atoms with Crippen molar-refractivity contribution in [2.45, 2.75) is 69.6 Å². The Morgan fingerprint density at radius 3 is 2.31 bits per heavy atom. The van der Waals surface area contributed by atoms with Gasteiger partial charge in [-0.3, -0.25) is 9.69 Å². The Balaban J connectivity index is 0.932. The number of rotatable bonds is 6. The molecule has 2 heterocycles. The molecule has 0 bridgehead atoms. The first-order valence-corrected chi connectivity index (χ1v) is 14.5. The van der Waals surface area contributed by atoms with Crippen molar-refractivity contribution < 1.29 is 14.3 Å². The van der Waals surface area contributed by atoms with Gasteiger partial charge in [0, 0.05) is 51.0 Å². The fourth-order valence-corrected chi connectivity index (χ4v) is 7.05. The van der Waals surface area contributed by atoms with E-state index in [2.05, 4.69) is 40.6 Å². The number of amides is 2. The Bertz CT molecular complexity index is 1210. The van der Waals surface area contributed by atoms with Gasteiger partial charge in [0.15, 0.2) is 0 Å². The molecule has 7 nitrogen and oxygen atoms in total. The summed E-state index contributed by atoms with van der Waals surface area (Å²) in [5.41, 5.74) is 4.24. The molecule has 7 heteroatoms. The smallest absolute Gasteiger partial charge is 0.410 e. The topological polar surface area (TPSA) is 85.7 Å². The summed E-state index contributed by atoms with van der Waals surface area (Å²) in [6.45, 7) is 4.06. The summed E-state index contributed by atoms with van der Waals surface area (Å²) in [6.07, 6.45) is 7.16. The maximum absolute atomic E-state index is 13.0. The number of piperidine rings is 1. The van der Waals surface area contributed by atoms with Crippen LogP contribution < -0.4 is 5.32 Å². The lowest BCUT2D eigenvalue weighted by atomic mass is 9.81. The van der Waals surface area contributed by atoms with Crippen LogP contribution >= 0.6 is 0 Å². The molecule has 1 N–H and O–H groups in total. The fourth-order valence-electron chi connectivity index (χ4n) is 7.05. The highest BCUT2D eigenvalue weighted by Crippen LogP contribution is 2.36. The summed E-state index contributed by atoms with van der Waals surface area (Å²) in [6, 6.07) is 18.6. The average Bonchev–Trinajstić information content (AvgIpc) is 3.50. The third-order valence-corrected chi connectivity index (χ3v) is 9.39. The molecule has 2 amide bonds. The molecule has 3 fully saturated rings. The highest BCUT2D eigenvalue weighted by molar-refractivity contribution is 5.79. The van der Waals surface area contributed by atoms with Crippen molar-refractivity contribution in [3.63, 3.8) is 0 Å². The van der Waals surface area contributed by atoms with E-state index in [4.69, 9.17) is 10.00 Å². The lowest BCUT2D eigenvalue weighted by molar-refractivity contribution is -0.126. The van der Waals surface area contributed by atoms with Crippen LogP contribution in [-0.4, -0.2) is 59.6 Å². The first kappa shape index (κ1) is 25.9. The summed E-state index contributed by atoms with van der Waals surface area (Å²) in [7, 11) is 0. The molecule has 6 rings (SSSR count). The van der Waals surface area contributed by atoms with Crippen LogP contribution in [0.2, 0.25) is 0 Å². The Morgan fingerprint density at radius 2 is 1.67 bits per heavy atom. The summed E-state index contributed by atoms with van der Waals surface area (Å²) < 4.78 is 5.99. The molecule has 2 aliphatic carbocycles. The number of carbonyl (C=O) groups is 2. The van der Waals surface area contributed by atoms with Crippen molar-refractivity contribution in [1.29, 1.82) is 5.26 Å². The number of ether oxygens (including phenoxy) is 1. The number of benzene rings is 2. The quantitative estimate of drug-likeness (QED) is 0.602. The Morgan fingerprint density at radius 1 is 1.00 bits per heavy atom. The molecule has 39 heavy (non-hydrogen) atoms. The van der Waals surface area contributed by atoms with Crippen molar-refractivity contribution in [1.82, 2.24) is 15.1 Å². The van der Waals surface area contributed by atoms with E-state index in [9.17, 15) is 9.59 Å². The van der Waals surface area contributed by atoms with Crippen LogP contribution in [0.4, 0.5) is 4.79 Å². The number of hydrogen-bond acceptors (Lipinski definition) is 5. The van der Waals surface area contributed by atoms with Gasteiger partial charge in [0.1, 0.15) is 5.60 Å². The molecular weight excluding hydrogens is 488 g/mol. The lowest BCUT2D eigenvalue weighted by Crippen LogP contribution is -2.47. The zero-order valence-electron chi connectivity index (χ0n) is 22.6. The number of nitrogens with one attached hydrogen (secondary N) is 1. The van der Waals surface area contributed by atoms with E-state index in [1.165, 1.54) is 16.7 Å². The number of fused-ring (bicyclic) bond motifs is 1. The number of nitrogens with zero attached hydrogens (tertiary/aromatic N) is 3. The molecule has 0 aromatic heterocycles. The first-order chi connectivity index (χ1) is 19.0. The first-order valence-electron chi connectivity index (χ1n) is 14.5. The normalized spacial score (nSPS) is 24.8. The molecule has 204 valence electrons. The van der Waals surface area contributed by atoms with Crippen LogP contribution in [-0.2, 0) is 28.9 Å². The molecule has 0 radical (unpaired) electrons. The predicted octanol–water partition coefficient (Wildman–Crippen LogP) is 4.44. The van der Waals surface area contributed by atoms with E-state index in [-0.39, 0.29) is 29.6 Å². The van der Waals surface area contributed by atoms with Gasteiger partial charge in [-0.1, -0.05) is 36.4 Å². The minimum atomic E-state index is -0.367. The van der Waals surface area contributed by atoms with Crippen molar-refractivity contribution in [3.8, 4) is 6.07 Å². The van der Waals surface area contributed by atoms with Crippen molar-refractivity contribution in [2.24, 2.45) is 11.8 Å². The zero-order valence-corrected chi connectivity index (χ0v) is 22.6. The average molecular weight is 527 g/mol. The minimum Gasteiger partial charge on any atom is -0.441 e. The number of likely N-dealkylation sites (tertiary alicyclic amines) is 1. The molecule has 2 aromatic carbocycles. The Labute approximate surface area is 231 Å². The van der Waals surface area contributed by atoms with Crippen molar-refractivity contribution in [2.75, 3.05) is 26.2 Å². The molecule has 2 aliphatic heterocycles. The van der Waals surface area contributed by atoms with E-state index in [1.807, 2.05) is 29.2 Å². The van der Waals surface area contributed by atoms with E-state index >= 15 is 0 Å². The Kier molecular flexibility index (Phi) is 7.31. The molecule has 4 aliphatic rings. The highest BCUT2D eigenvalue weighted by Gasteiger charge is 2.47. The van der Waals surface area contributed by atoms with Crippen LogP contribution in [0.15, 0.2) is 48.5 Å². The lowest BCUT2D eigenvalue weighted by Gasteiger charge is -2.37. The van der Waals surface area contributed by atoms with Gasteiger partial charge in [-0.25, -0.2) is 4.79 Å². The van der Waals surface area contributed by atoms with Gasteiger partial charge in [-0.2, -0.15) is 5.26 Å². The van der Waals surface area contributed by atoms with Gasteiger partial charge in [-0.15, -0.1) is 0 Å². The van der Waals surface area contributed by atoms with Crippen LogP contribution in [0.25, 0.3) is 0 Å². The molecule has 2 aromatic rings. The summed E-state index contributed by atoms with van der Waals surface area (Å²) in [5.74, 6) is 0.727. The second-order valence-electron chi connectivity index (χ2n) is 12.1. The maximum atomic E-state index is 13.0. The van der Waals surface area contributed by atoms with Gasteiger partial charge in [0.2, 0.25) is 5.91 Å². The maximum Gasteiger partial charge on any atom is 0.410 e. The van der Waals surface area contributed by atoms with Gasteiger partial charge >= 0.3 is 6.09 Å². The van der Waals surface area contributed by atoms with Gasteiger partial charge < -0.3 is 15.0 Å². The predicted molar refractivity (Wildman–Crippen MR) is 148 cm³/mol. The highest BCUT2D eigenvalue weighted by atomic mass is 16.6. The van der Waals surface area contributed by atoms with Crippen LogP contribution in [0.3, 0.4) is 0 Å². The van der Waals surface area contributed by atoms with Crippen LogP contribution in [0.5, 0.6) is 0 Å². The molecule has 2 saturated heterocycles. The number of hydrogen-bond donors (Lipinski definition) is 1. The van der Waals surface area contributed by atoms with Crippen molar-refractivity contribution in [3.05, 3.63) is 70.8 Å². The van der Waals surface area contributed by atoms with Crippen molar-refractivity contribution >= 4 is 12.0 Å². The Hall–Kier alpha value is -3.37. The number of nitriles is 1. The molecule has 0 atom stereocenters. The third-order valence-electron chi connectivity index (χ3n) is 9.39. The SMILES string of the molecule is N#Cc1ccc(CN2CCC3(CC2)CN(CC2CCC(C(=O)NC4Cc5ccccc5C4)CC2)C(=O)O3)cc1. The zero-order chi connectivity index (χ0) is 26.8. The van der Waals surface area contributed by atoms with Crippen LogP contribution in [0, 0.1) is 23.2 Å². The summed E-state index contributed by atoms with van der Waals surface area (Å²) in [4.78, 5) is 30.1. The van der Waals surface area contributed by atoms with E-state index in [1.54, 1.807) is 0 Å². The standard InChI is InChI=1S/C32H38N4O3/c33-19-23-5-7-24(8-6-23)20-35-15-13-32(14-16-35)22-36(31(38)39-32)21-25-9-11-26(12-10-25)30(37)34-29-17-27-3-1-2-4-28(27)18-29/h1-8,25-26,29H,9-18,20-22H2,(H,34,37). The summed E-state index contributed by atoms with van der Waals surface area (Å²) in [5, 5.41) is 12.3. The third kappa shape index (κ3) is 5.81. The van der Waals surface area contributed by atoms with Crippen LogP contribution in [0.1, 0.15) is 60.8 Å². The van der Waals surface area contributed by atoms with Gasteiger partial charge in [0.05, 0.1) is 18.2 Å². The van der Waals surface area contributed by atoms with Gasteiger partial charge in [0.25, 0.3) is 0 Å². The minimum absolute atomic E-state index is 0.0854. The molecule has 1 saturated carbocycles. The summed E-state index contributed by atoms with van der Waals surface area (Å²) >= 11 is 0. The molecule has 0 unspecified atom stereocenters. The molecular formula is C32H38N4O3. The molecule has 1 spiro atoms. The second-order valence-corrected chi connectivity index (χ2v) is 12.1. The van der Waals surface area contributed by atoms with E-state index in [0.717, 1.165) is 77.5 Å². The number of carbonyl (C=O) groups excluding carboxylic acids is 2. The van der Waals surface area contributed by atoms with Gasteiger partial charge in [-0.05, 0) is 73.3 Å². The monoisotopic (exact) mass is 526 g/mol.